The molecule has 5 heteroatoms. The van der Waals surface area contributed by atoms with Gasteiger partial charge in [0.05, 0.1) is 5.41 Å². The molecule has 0 aliphatic carbocycles. The van der Waals surface area contributed by atoms with Crippen LogP contribution in [0.5, 0.6) is 0 Å². The van der Waals surface area contributed by atoms with Crippen LogP contribution in [0.25, 0.3) is 0 Å². The van der Waals surface area contributed by atoms with Crippen LogP contribution in [0.3, 0.4) is 0 Å². The van der Waals surface area contributed by atoms with Gasteiger partial charge in [0.2, 0.25) is 0 Å². The Morgan fingerprint density at radius 3 is 1.85 bits per heavy atom. The van der Waals surface area contributed by atoms with Crippen molar-refractivity contribution in [3.05, 3.63) is 48.1 Å². The smallest absolute Gasteiger partial charge is 0.282 e. The van der Waals surface area contributed by atoms with E-state index in [-0.39, 0.29) is 5.82 Å². The van der Waals surface area contributed by atoms with E-state index in [2.05, 4.69) is 6.58 Å². The van der Waals surface area contributed by atoms with Gasteiger partial charge in [0.15, 0.2) is 0 Å². The molecule has 1 rings (SSSR count). The van der Waals surface area contributed by atoms with Crippen molar-refractivity contribution in [2.24, 2.45) is 0 Å². The lowest BCUT2D eigenvalue weighted by molar-refractivity contribution is 0.494. The highest BCUT2D eigenvalue weighted by Crippen LogP contribution is 1.91. The standard InChI is InChI=1S/C6H5F.C2H4O3S/c7-6-4-2-1-3-5-6;1-2-6(3,4)5/h1-5H;2H,1H2,(H,3,4,5). The Morgan fingerprint density at radius 2 is 1.69 bits per heavy atom. The minimum Gasteiger partial charge on any atom is -0.282 e. The minimum atomic E-state index is -3.90. The van der Waals surface area contributed by atoms with E-state index in [0.29, 0.717) is 5.41 Å². The lowest BCUT2D eigenvalue weighted by Crippen LogP contribution is -1.86. The molecular formula is C8H9FO3S. The maximum atomic E-state index is 11.9. The molecule has 0 atom stereocenters. The van der Waals surface area contributed by atoms with Gasteiger partial charge in [-0.2, -0.15) is 8.42 Å². The van der Waals surface area contributed by atoms with Crippen molar-refractivity contribution < 1.29 is 17.4 Å². The maximum Gasteiger partial charge on any atom is 0.287 e. The largest absolute Gasteiger partial charge is 0.287 e. The van der Waals surface area contributed by atoms with E-state index in [4.69, 9.17) is 4.55 Å². The summed E-state index contributed by atoms with van der Waals surface area (Å²) >= 11 is 0. The quantitative estimate of drug-likeness (QED) is 0.710. The molecule has 13 heavy (non-hydrogen) atoms. The molecule has 0 spiro atoms. The molecule has 0 fully saturated rings. The average molecular weight is 204 g/mol. The lowest BCUT2D eigenvalue weighted by atomic mass is 10.4. The molecule has 0 saturated carbocycles. The molecule has 0 amide bonds. The van der Waals surface area contributed by atoms with Crippen LogP contribution in [0.1, 0.15) is 0 Å². The summed E-state index contributed by atoms with van der Waals surface area (Å²) < 4.78 is 38.5. The fraction of sp³-hybridized carbons (Fsp3) is 0. The topological polar surface area (TPSA) is 54.4 Å². The summed E-state index contributed by atoms with van der Waals surface area (Å²) in [5.74, 6) is -0.178. The number of rotatable bonds is 1. The Balaban J connectivity index is 0.000000226. The van der Waals surface area contributed by atoms with Crippen molar-refractivity contribution >= 4 is 10.1 Å². The Hall–Kier alpha value is -1.20. The zero-order chi connectivity index (χ0) is 10.3. The second kappa shape index (κ2) is 5.45. The van der Waals surface area contributed by atoms with Crippen LogP contribution < -0.4 is 0 Å². The normalized spacial score (nSPS) is 9.69. The van der Waals surface area contributed by atoms with E-state index in [1.807, 2.05) is 0 Å². The van der Waals surface area contributed by atoms with Crippen molar-refractivity contribution in [1.29, 1.82) is 0 Å². The van der Waals surface area contributed by atoms with Crippen molar-refractivity contribution in [2.45, 2.75) is 0 Å². The van der Waals surface area contributed by atoms with E-state index in [0.717, 1.165) is 0 Å². The summed E-state index contributed by atoms with van der Waals surface area (Å²) in [6, 6.07) is 7.94. The van der Waals surface area contributed by atoms with Crippen molar-refractivity contribution in [1.82, 2.24) is 0 Å². The highest BCUT2D eigenvalue weighted by atomic mass is 32.2. The monoisotopic (exact) mass is 204 g/mol. The number of hydrogen-bond acceptors (Lipinski definition) is 2. The van der Waals surface area contributed by atoms with Crippen molar-refractivity contribution in [2.75, 3.05) is 0 Å². The molecule has 0 heterocycles. The van der Waals surface area contributed by atoms with Gasteiger partial charge in [0.1, 0.15) is 5.82 Å². The van der Waals surface area contributed by atoms with Gasteiger partial charge in [-0.05, 0) is 12.1 Å². The number of halogens is 1. The molecular weight excluding hydrogens is 195 g/mol. The van der Waals surface area contributed by atoms with Gasteiger partial charge in [-0.1, -0.05) is 24.8 Å². The molecule has 3 nitrogen and oxygen atoms in total. The van der Waals surface area contributed by atoms with E-state index in [1.165, 1.54) is 12.1 Å². The van der Waals surface area contributed by atoms with E-state index in [1.54, 1.807) is 18.2 Å². The number of benzene rings is 1. The molecule has 1 aromatic carbocycles. The first kappa shape index (κ1) is 11.8. The molecule has 1 aromatic rings. The van der Waals surface area contributed by atoms with Crippen LogP contribution in [0.2, 0.25) is 0 Å². The molecule has 0 radical (unpaired) electrons. The van der Waals surface area contributed by atoms with Gasteiger partial charge in [-0.25, -0.2) is 4.39 Å². The zero-order valence-electron chi connectivity index (χ0n) is 6.72. The number of hydrogen-bond donors (Lipinski definition) is 1. The Morgan fingerprint density at radius 1 is 1.31 bits per heavy atom. The summed E-state index contributed by atoms with van der Waals surface area (Å²) in [6.07, 6.45) is 0. The van der Waals surface area contributed by atoms with E-state index >= 15 is 0 Å². The maximum absolute atomic E-state index is 11.9. The predicted molar refractivity (Wildman–Crippen MR) is 48.1 cm³/mol. The van der Waals surface area contributed by atoms with Crippen LogP contribution in [0.15, 0.2) is 42.3 Å². The Labute approximate surface area is 76.3 Å². The third-order valence-corrected chi connectivity index (χ3v) is 1.36. The average Bonchev–Trinajstić information content (AvgIpc) is 2.06. The fourth-order valence-electron chi connectivity index (χ4n) is 0.415. The molecule has 1 N–H and O–H groups in total. The van der Waals surface area contributed by atoms with Crippen molar-refractivity contribution in [3.8, 4) is 0 Å². The SMILES string of the molecule is C=CS(=O)(=O)O.Fc1ccccc1. The molecule has 0 aliphatic heterocycles. The predicted octanol–water partition coefficient (Wildman–Crippen LogP) is 1.84. The van der Waals surface area contributed by atoms with Gasteiger partial charge < -0.3 is 0 Å². The van der Waals surface area contributed by atoms with Crippen LogP contribution in [-0.4, -0.2) is 13.0 Å². The first-order valence-electron chi connectivity index (χ1n) is 3.26. The van der Waals surface area contributed by atoms with Crippen molar-refractivity contribution in [3.63, 3.8) is 0 Å². The summed E-state index contributed by atoms with van der Waals surface area (Å²) in [7, 11) is -3.90. The fourth-order valence-corrected chi connectivity index (χ4v) is 0.415. The summed E-state index contributed by atoms with van der Waals surface area (Å²) in [5.41, 5.74) is 0. The lowest BCUT2D eigenvalue weighted by Gasteiger charge is -1.78. The third kappa shape index (κ3) is 8.71. The van der Waals surface area contributed by atoms with Crippen LogP contribution in [0.4, 0.5) is 4.39 Å². The Bertz CT molecular complexity index is 333. The second-order valence-corrected chi connectivity index (χ2v) is 3.34. The van der Waals surface area contributed by atoms with Gasteiger partial charge >= 0.3 is 0 Å². The van der Waals surface area contributed by atoms with Gasteiger partial charge in [0.25, 0.3) is 10.1 Å². The van der Waals surface area contributed by atoms with Gasteiger partial charge in [-0.3, -0.25) is 4.55 Å². The van der Waals surface area contributed by atoms with Crippen LogP contribution in [-0.2, 0) is 10.1 Å². The van der Waals surface area contributed by atoms with Crippen LogP contribution in [0, 0.1) is 5.82 Å². The highest BCUT2D eigenvalue weighted by Gasteiger charge is 1.87. The molecule has 0 aromatic heterocycles. The molecule has 0 bridgehead atoms. The molecule has 0 aliphatic rings. The second-order valence-electron chi connectivity index (χ2n) is 1.98. The highest BCUT2D eigenvalue weighted by molar-refractivity contribution is 7.88. The van der Waals surface area contributed by atoms with Gasteiger partial charge in [0, 0.05) is 0 Å². The van der Waals surface area contributed by atoms with Crippen LogP contribution >= 0.6 is 0 Å². The minimum absolute atomic E-state index is 0.178. The van der Waals surface area contributed by atoms with E-state index < -0.39 is 10.1 Å². The summed E-state index contributed by atoms with van der Waals surface area (Å²) in [5, 5.41) is 0.465. The zero-order valence-corrected chi connectivity index (χ0v) is 7.54. The summed E-state index contributed by atoms with van der Waals surface area (Å²) in [4.78, 5) is 0. The first-order valence-corrected chi connectivity index (χ1v) is 4.76. The van der Waals surface area contributed by atoms with Gasteiger partial charge in [-0.15, -0.1) is 0 Å². The Kier molecular flexibility index (Phi) is 4.94. The molecule has 72 valence electrons. The molecule has 0 unspecified atom stereocenters. The third-order valence-electron chi connectivity index (χ3n) is 0.944. The first-order chi connectivity index (χ1) is 5.95. The van der Waals surface area contributed by atoms with E-state index in [9.17, 15) is 12.8 Å². The molecule has 0 saturated heterocycles. The summed E-state index contributed by atoms with van der Waals surface area (Å²) in [6.45, 7) is 2.79.